The molecule has 3 nitrogen and oxygen atoms in total. The zero-order valence-corrected chi connectivity index (χ0v) is 13.3. The summed E-state index contributed by atoms with van der Waals surface area (Å²) in [7, 11) is -1.99. The molecule has 0 atom stereocenters. The summed E-state index contributed by atoms with van der Waals surface area (Å²) in [5, 5.41) is 0.222. The van der Waals surface area contributed by atoms with E-state index in [9.17, 15) is 8.42 Å². The number of hydrogen-bond acceptors (Lipinski definition) is 3. The second kappa shape index (κ2) is 7.01. The van der Waals surface area contributed by atoms with Gasteiger partial charge in [-0.2, -0.15) is 11.8 Å². The van der Waals surface area contributed by atoms with Gasteiger partial charge in [-0.1, -0.05) is 17.7 Å². The number of rotatable bonds is 6. The minimum Gasteiger partial charge on any atom is -0.207 e. The third kappa shape index (κ3) is 3.78. The smallest absolute Gasteiger partial charge is 0.207 e. The van der Waals surface area contributed by atoms with E-state index in [0.29, 0.717) is 6.54 Å². The Labute approximate surface area is 123 Å². The maximum absolute atomic E-state index is 12.3. The molecule has 0 fully saturated rings. The van der Waals surface area contributed by atoms with Gasteiger partial charge in [-0.25, -0.2) is 12.7 Å². The first kappa shape index (κ1) is 16.1. The second-order valence-corrected chi connectivity index (χ2v) is 7.39. The Hall–Kier alpha value is 0.0600. The summed E-state index contributed by atoms with van der Waals surface area (Å²) < 4.78 is 25.9. The summed E-state index contributed by atoms with van der Waals surface area (Å²) in [5.74, 6) is 0.997. The molecule has 0 radical (unpaired) electrons. The summed E-state index contributed by atoms with van der Waals surface area (Å²) in [5.41, 5.74) is 0.734. The van der Waals surface area contributed by atoms with Crippen LogP contribution in [0.15, 0.2) is 23.1 Å². The van der Waals surface area contributed by atoms with Gasteiger partial charge in [0.2, 0.25) is 10.0 Å². The van der Waals surface area contributed by atoms with Crippen molar-refractivity contribution in [2.45, 2.75) is 10.8 Å². The Morgan fingerprint density at radius 1 is 1.39 bits per heavy atom. The maximum Gasteiger partial charge on any atom is 0.244 e. The normalized spacial score (nSPS) is 12.1. The largest absolute Gasteiger partial charge is 0.244 e. The number of sulfonamides is 1. The van der Waals surface area contributed by atoms with Crippen LogP contribution >= 0.6 is 35.0 Å². The minimum atomic E-state index is -3.55. The van der Waals surface area contributed by atoms with Crippen LogP contribution in [0.3, 0.4) is 0 Å². The number of halogens is 2. The predicted octanol–water partition coefficient (Wildman–Crippen LogP) is 3.06. The van der Waals surface area contributed by atoms with Crippen LogP contribution in [0.1, 0.15) is 5.56 Å². The van der Waals surface area contributed by atoms with Crippen LogP contribution in [-0.2, 0) is 15.9 Å². The van der Waals surface area contributed by atoms with Crippen LogP contribution in [0.2, 0.25) is 5.02 Å². The van der Waals surface area contributed by atoms with Gasteiger partial charge in [-0.05, 0) is 24.0 Å². The third-order valence-corrected chi connectivity index (χ3v) is 5.69. The number of hydrogen-bond donors (Lipinski definition) is 0. The summed E-state index contributed by atoms with van der Waals surface area (Å²) in [6.07, 6.45) is 1.93. The molecule has 0 unspecified atom stereocenters. The fourth-order valence-corrected chi connectivity index (χ4v) is 3.77. The molecule has 1 aromatic carbocycles. The quantitative estimate of drug-likeness (QED) is 0.753. The highest BCUT2D eigenvalue weighted by molar-refractivity contribution is 7.98. The first-order chi connectivity index (χ1) is 8.43. The van der Waals surface area contributed by atoms with Crippen LogP contribution in [0, 0.1) is 0 Å². The van der Waals surface area contributed by atoms with E-state index in [0.717, 1.165) is 11.3 Å². The molecule has 0 N–H and O–H groups in total. The Balaban J connectivity index is 3.11. The molecule has 0 spiro atoms. The van der Waals surface area contributed by atoms with Gasteiger partial charge in [0.05, 0.1) is 5.02 Å². The van der Waals surface area contributed by atoms with Crippen molar-refractivity contribution in [1.29, 1.82) is 0 Å². The molecule has 18 heavy (non-hydrogen) atoms. The third-order valence-electron chi connectivity index (χ3n) is 2.45. The van der Waals surface area contributed by atoms with Gasteiger partial charge >= 0.3 is 0 Å². The molecule has 0 bridgehead atoms. The van der Waals surface area contributed by atoms with Crippen molar-refractivity contribution in [2.24, 2.45) is 0 Å². The van der Waals surface area contributed by atoms with Crippen molar-refractivity contribution in [3.8, 4) is 0 Å². The van der Waals surface area contributed by atoms with Crippen LogP contribution < -0.4 is 0 Å². The van der Waals surface area contributed by atoms with Crippen LogP contribution in [-0.4, -0.2) is 38.3 Å². The van der Waals surface area contributed by atoms with Gasteiger partial charge in [0, 0.05) is 25.2 Å². The van der Waals surface area contributed by atoms with E-state index in [1.54, 1.807) is 30.9 Å². The average molecular weight is 328 g/mol. The standard InChI is InChI=1S/C11H15Cl2NO2S2/c1-14(5-6-17-2)18(15,16)11-7-9(8-12)3-4-10(11)13/h3-4,7H,5-6,8H2,1-2H3. The fraction of sp³-hybridized carbons (Fsp3) is 0.455. The van der Waals surface area contributed by atoms with Crippen molar-refractivity contribution in [2.75, 3.05) is 25.6 Å². The van der Waals surface area contributed by atoms with Crippen molar-refractivity contribution < 1.29 is 8.42 Å². The lowest BCUT2D eigenvalue weighted by Crippen LogP contribution is -2.29. The van der Waals surface area contributed by atoms with E-state index in [1.165, 1.54) is 10.4 Å². The molecule has 0 aliphatic carbocycles. The van der Waals surface area contributed by atoms with Gasteiger partial charge in [-0.3, -0.25) is 0 Å². The monoisotopic (exact) mass is 327 g/mol. The zero-order chi connectivity index (χ0) is 13.8. The molecule has 0 saturated heterocycles. The lowest BCUT2D eigenvalue weighted by atomic mass is 10.2. The van der Waals surface area contributed by atoms with Crippen LogP contribution in [0.25, 0.3) is 0 Å². The molecule has 102 valence electrons. The van der Waals surface area contributed by atoms with Crippen LogP contribution in [0.5, 0.6) is 0 Å². The Morgan fingerprint density at radius 3 is 2.61 bits per heavy atom. The molecule has 0 aromatic heterocycles. The summed E-state index contributed by atoms with van der Waals surface area (Å²) in [6.45, 7) is 0.449. The zero-order valence-electron chi connectivity index (χ0n) is 10.2. The molecule has 7 heteroatoms. The average Bonchev–Trinajstić information content (AvgIpc) is 2.36. The highest BCUT2D eigenvalue weighted by Crippen LogP contribution is 2.26. The fourth-order valence-electron chi connectivity index (χ4n) is 1.34. The predicted molar refractivity (Wildman–Crippen MR) is 79.2 cm³/mol. The summed E-state index contributed by atoms with van der Waals surface area (Å²) in [6, 6.07) is 4.81. The van der Waals surface area contributed by atoms with Crippen molar-refractivity contribution in [3.05, 3.63) is 28.8 Å². The van der Waals surface area contributed by atoms with Crippen LogP contribution in [0.4, 0.5) is 0 Å². The van der Waals surface area contributed by atoms with Crippen molar-refractivity contribution in [1.82, 2.24) is 4.31 Å². The molecular weight excluding hydrogens is 313 g/mol. The maximum atomic E-state index is 12.3. The Morgan fingerprint density at radius 2 is 2.06 bits per heavy atom. The van der Waals surface area contributed by atoms with Crippen molar-refractivity contribution >= 4 is 45.0 Å². The lowest BCUT2D eigenvalue weighted by molar-refractivity contribution is 0.488. The molecular formula is C11H15Cl2NO2S2. The number of benzene rings is 1. The summed E-state index contributed by atoms with van der Waals surface area (Å²) in [4.78, 5) is 0.117. The van der Waals surface area contributed by atoms with E-state index in [1.807, 2.05) is 6.26 Å². The molecule has 1 rings (SSSR count). The summed E-state index contributed by atoms with van der Waals surface area (Å²) >= 11 is 13.3. The molecule has 0 aliphatic rings. The number of nitrogens with zero attached hydrogens (tertiary/aromatic N) is 1. The Kier molecular flexibility index (Phi) is 6.27. The second-order valence-electron chi connectivity index (χ2n) is 3.72. The molecule has 0 aliphatic heterocycles. The Bertz CT molecular complexity index is 506. The van der Waals surface area contributed by atoms with Gasteiger partial charge < -0.3 is 0 Å². The van der Waals surface area contributed by atoms with E-state index >= 15 is 0 Å². The highest BCUT2D eigenvalue weighted by Gasteiger charge is 2.23. The first-order valence-electron chi connectivity index (χ1n) is 5.23. The van der Waals surface area contributed by atoms with Gasteiger partial charge in [-0.15, -0.1) is 11.6 Å². The van der Waals surface area contributed by atoms with E-state index < -0.39 is 10.0 Å². The SMILES string of the molecule is CSCCN(C)S(=O)(=O)c1cc(CCl)ccc1Cl. The first-order valence-corrected chi connectivity index (χ1v) is 8.97. The molecule has 1 aromatic rings. The highest BCUT2D eigenvalue weighted by atomic mass is 35.5. The van der Waals surface area contributed by atoms with Gasteiger partial charge in [0.25, 0.3) is 0 Å². The molecule has 0 saturated carbocycles. The van der Waals surface area contributed by atoms with Gasteiger partial charge in [0.1, 0.15) is 4.90 Å². The topological polar surface area (TPSA) is 37.4 Å². The van der Waals surface area contributed by atoms with E-state index in [-0.39, 0.29) is 15.8 Å². The minimum absolute atomic E-state index is 0.117. The molecule has 0 heterocycles. The van der Waals surface area contributed by atoms with Crippen molar-refractivity contribution in [3.63, 3.8) is 0 Å². The molecule has 0 amide bonds. The van der Waals surface area contributed by atoms with E-state index in [2.05, 4.69) is 0 Å². The number of alkyl halides is 1. The lowest BCUT2D eigenvalue weighted by Gasteiger charge is -2.17. The van der Waals surface area contributed by atoms with E-state index in [4.69, 9.17) is 23.2 Å². The number of thioether (sulfide) groups is 1. The van der Waals surface area contributed by atoms with Gasteiger partial charge in [0.15, 0.2) is 0 Å².